The first-order valence-electron chi connectivity index (χ1n) is 8.05. The number of nitrogens with one attached hydrogen (secondary N) is 1. The van der Waals surface area contributed by atoms with E-state index < -0.39 is 0 Å². The number of nitrogens with zero attached hydrogens (tertiary/aromatic N) is 4. The van der Waals surface area contributed by atoms with Crippen LogP contribution in [0.5, 0.6) is 5.75 Å². The van der Waals surface area contributed by atoms with E-state index in [0.29, 0.717) is 32.0 Å². The lowest BCUT2D eigenvalue weighted by molar-refractivity contribution is 0.177. The Balaban J connectivity index is 1.50. The van der Waals surface area contributed by atoms with Gasteiger partial charge in [0.2, 0.25) is 0 Å². The van der Waals surface area contributed by atoms with E-state index in [9.17, 15) is 9.18 Å². The number of carbonyl (C=O) groups excluding carboxylic acids is 1. The average Bonchev–Trinajstić information content (AvgIpc) is 2.97. The van der Waals surface area contributed by atoms with Crippen molar-refractivity contribution in [1.82, 2.24) is 25.0 Å². The Hall–Kier alpha value is -2.64. The number of carbonyl (C=O) groups is 1. The summed E-state index contributed by atoms with van der Waals surface area (Å²) in [6.07, 6.45) is 3.24. The van der Waals surface area contributed by atoms with Crippen LogP contribution in [0.4, 0.5) is 9.18 Å². The molecule has 2 aliphatic heterocycles. The van der Waals surface area contributed by atoms with Crippen LogP contribution in [0.2, 0.25) is 0 Å². The molecule has 7 nitrogen and oxygen atoms in total. The van der Waals surface area contributed by atoms with Gasteiger partial charge in [-0.15, -0.1) is 10.2 Å². The van der Waals surface area contributed by atoms with Gasteiger partial charge in [-0.05, 0) is 18.9 Å². The molecule has 0 fully saturated rings. The third-order valence-electron chi connectivity index (χ3n) is 4.47. The first kappa shape index (κ1) is 14.9. The Labute approximate surface area is 138 Å². The molecule has 1 aromatic carbocycles. The third-order valence-corrected chi connectivity index (χ3v) is 4.47. The van der Waals surface area contributed by atoms with Gasteiger partial charge >= 0.3 is 6.03 Å². The molecule has 2 aromatic rings. The molecule has 1 N–H and O–H groups in total. The van der Waals surface area contributed by atoms with Gasteiger partial charge in [0.1, 0.15) is 17.9 Å². The largest absolute Gasteiger partial charge is 0.493 e. The molecule has 126 valence electrons. The smallest absolute Gasteiger partial charge is 0.318 e. The molecule has 0 saturated carbocycles. The molecular weight excluding hydrogens is 313 g/mol. The van der Waals surface area contributed by atoms with Crippen molar-refractivity contribution < 1.29 is 13.9 Å². The summed E-state index contributed by atoms with van der Waals surface area (Å²) in [5.41, 5.74) is 0.822. The lowest BCUT2D eigenvalue weighted by Gasteiger charge is -2.29. The number of urea groups is 1. The van der Waals surface area contributed by atoms with Gasteiger partial charge in [0.25, 0.3) is 0 Å². The molecule has 1 aromatic heterocycles. The first-order chi connectivity index (χ1) is 11.7. The molecule has 0 aliphatic carbocycles. The van der Waals surface area contributed by atoms with E-state index in [4.69, 9.17) is 4.74 Å². The molecule has 0 spiro atoms. The van der Waals surface area contributed by atoms with Gasteiger partial charge in [0, 0.05) is 24.7 Å². The summed E-state index contributed by atoms with van der Waals surface area (Å²) in [6, 6.07) is 4.13. The quantitative estimate of drug-likeness (QED) is 0.866. The number of rotatable bonds is 1. The first-order valence-corrected chi connectivity index (χ1v) is 8.05. The zero-order chi connectivity index (χ0) is 16.5. The van der Waals surface area contributed by atoms with Gasteiger partial charge in [-0.25, -0.2) is 9.18 Å². The third kappa shape index (κ3) is 2.79. The van der Waals surface area contributed by atoms with Crippen molar-refractivity contribution in [1.29, 1.82) is 0 Å². The Morgan fingerprint density at radius 2 is 2.29 bits per heavy atom. The summed E-state index contributed by atoms with van der Waals surface area (Å²) in [5.74, 6) is 0.954. The number of aromatic nitrogens is 3. The summed E-state index contributed by atoms with van der Waals surface area (Å²) in [6.45, 7) is 2.25. The summed E-state index contributed by atoms with van der Waals surface area (Å²) in [4.78, 5) is 14.4. The molecule has 24 heavy (non-hydrogen) atoms. The van der Waals surface area contributed by atoms with Gasteiger partial charge in [-0.1, -0.05) is 6.07 Å². The number of fused-ring (bicyclic) bond motifs is 2. The van der Waals surface area contributed by atoms with Gasteiger partial charge in [-0.3, -0.25) is 0 Å². The van der Waals surface area contributed by atoms with Crippen LogP contribution < -0.4 is 10.1 Å². The standard InChI is InChI=1S/C16H18FN5O2/c17-11-3-4-12-13(2-1-7-24-14(12)8-11)19-16(23)21-5-6-22-10-18-20-15(22)9-21/h3-4,8,10,13H,1-2,5-7,9H2,(H,19,23). The highest BCUT2D eigenvalue weighted by molar-refractivity contribution is 5.75. The number of halogens is 1. The number of ether oxygens (including phenoxy) is 1. The molecule has 3 heterocycles. The van der Waals surface area contributed by atoms with Gasteiger partial charge in [-0.2, -0.15) is 0 Å². The lowest BCUT2D eigenvalue weighted by Crippen LogP contribution is -2.45. The van der Waals surface area contributed by atoms with Gasteiger partial charge in [0.05, 0.1) is 19.2 Å². The van der Waals surface area contributed by atoms with E-state index in [1.54, 1.807) is 17.3 Å². The molecule has 2 amide bonds. The maximum Gasteiger partial charge on any atom is 0.318 e. The summed E-state index contributed by atoms with van der Waals surface area (Å²) in [5, 5.41) is 10.9. The Kier molecular flexibility index (Phi) is 3.79. The topological polar surface area (TPSA) is 72.3 Å². The zero-order valence-corrected chi connectivity index (χ0v) is 13.1. The number of hydrogen-bond acceptors (Lipinski definition) is 4. The van der Waals surface area contributed by atoms with E-state index in [-0.39, 0.29) is 17.9 Å². The molecule has 1 unspecified atom stereocenters. The predicted molar refractivity (Wildman–Crippen MR) is 82.8 cm³/mol. The van der Waals surface area contributed by atoms with E-state index >= 15 is 0 Å². The fourth-order valence-corrected chi connectivity index (χ4v) is 3.18. The fourth-order valence-electron chi connectivity index (χ4n) is 3.18. The molecule has 0 bridgehead atoms. The second-order valence-electron chi connectivity index (χ2n) is 6.04. The highest BCUT2D eigenvalue weighted by Crippen LogP contribution is 2.32. The van der Waals surface area contributed by atoms with Gasteiger partial charge in [0.15, 0.2) is 5.82 Å². The zero-order valence-electron chi connectivity index (χ0n) is 13.1. The molecule has 0 saturated heterocycles. The van der Waals surface area contributed by atoms with Crippen LogP contribution in [-0.2, 0) is 13.1 Å². The van der Waals surface area contributed by atoms with Crippen molar-refractivity contribution in [2.75, 3.05) is 13.2 Å². The second-order valence-corrected chi connectivity index (χ2v) is 6.04. The molecule has 2 aliphatic rings. The van der Waals surface area contributed by atoms with E-state index in [0.717, 1.165) is 24.2 Å². The summed E-state index contributed by atoms with van der Waals surface area (Å²) in [7, 11) is 0. The maximum atomic E-state index is 13.4. The molecule has 0 radical (unpaired) electrons. The van der Waals surface area contributed by atoms with E-state index in [2.05, 4.69) is 15.5 Å². The normalized spacial score (nSPS) is 19.7. The Morgan fingerprint density at radius 3 is 3.21 bits per heavy atom. The monoisotopic (exact) mass is 331 g/mol. The Morgan fingerprint density at radius 1 is 1.38 bits per heavy atom. The van der Waals surface area contributed by atoms with Crippen molar-refractivity contribution in [2.45, 2.75) is 32.0 Å². The summed E-state index contributed by atoms with van der Waals surface area (Å²) < 4.78 is 21.0. The molecule has 1 atom stereocenters. The minimum absolute atomic E-state index is 0.147. The minimum atomic E-state index is -0.337. The maximum absolute atomic E-state index is 13.4. The highest BCUT2D eigenvalue weighted by atomic mass is 19.1. The molecular formula is C16H18FN5O2. The average molecular weight is 331 g/mol. The second kappa shape index (κ2) is 6.10. The lowest BCUT2D eigenvalue weighted by atomic mass is 10.0. The van der Waals surface area contributed by atoms with Crippen molar-refractivity contribution in [3.05, 3.63) is 41.7 Å². The minimum Gasteiger partial charge on any atom is -0.493 e. The van der Waals surface area contributed by atoms with Crippen LogP contribution in [0, 0.1) is 5.82 Å². The van der Waals surface area contributed by atoms with Crippen LogP contribution in [0.1, 0.15) is 30.3 Å². The van der Waals surface area contributed by atoms with Gasteiger partial charge < -0.3 is 19.5 Å². The van der Waals surface area contributed by atoms with Crippen LogP contribution in [-0.4, -0.2) is 38.8 Å². The molecule has 4 rings (SSSR count). The van der Waals surface area contributed by atoms with Crippen molar-refractivity contribution >= 4 is 6.03 Å². The van der Waals surface area contributed by atoms with Crippen molar-refractivity contribution in [3.8, 4) is 5.75 Å². The van der Waals surface area contributed by atoms with Crippen LogP contribution >= 0.6 is 0 Å². The predicted octanol–water partition coefficient (Wildman–Crippen LogP) is 1.86. The van der Waals surface area contributed by atoms with Crippen molar-refractivity contribution in [3.63, 3.8) is 0 Å². The fraction of sp³-hybridized carbons (Fsp3) is 0.438. The number of hydrogen-bond donors (Lipinski definition) is 1. The number of amides is 2. The van der Waals surface area contributed by atoms with Crippen LogP contribution in [0.25, 0.3) is 0 Å². The molecule has 8 heteroatoms. The van der Waals surface area contributed by atoms with E-state index in [1.807, 2.05) is 4.57 Å². The summed E-state index contributed by atoms with van der Waals surface area (Å²) >= 11 is 0. The van der Waals surface area contributed by atoms with Crippen LogP contribution in [0.3, 0.4) is 0 Å². The van der Waals surface area contributed by atoms with Crippen LogP contribution in [0.15, 0.2) is 24.5 Å². The van der Waals surface area contributed by atoms with E-state index in [1.165, 1.54) is 12.1 Å². The SMILES string of the molecule is O=C(NC1CCCOc2cc(F)ccc21)N1CCn2cnnc2C1. The highest BCUT2D eigenvalue weighted by Gasteiger charge is 2.26. The van der Waals surface area contributed by atoms with Crippen molar-refractivity contribution in [2.24, 2.45) is 0 Å². The number of benzene rings is 1. The Bertz CT molecular complexity index is 763.